The first-order chi connectivity index (χ1) is 15.4. The molecule has 1 aliphatic heterocycles. The molecule has 1 saturated heterocycles. The van der Waals surface area contributed by atoms with E-state index in [1.54, 1.807) is 7.05 Å². The molecule has 4 aromatic rings. The Bertz CT molecular complexity index is 1440. The number of piperidine rings is 1. The van der Waals surface area contributed by atoms with Gasteiger partial charge in [0.25, 0.3) is 5.56 Å². The molecule has 0 spiro atoms. The van der Waals surface area contributed by atoms with Gasteiger partial charge in [-0.2, -0.15) is 5.26 Å². The van der Waals surface area contributed by atoms with E-state index in [1.165, 1.54) is 4.57 Å². The van der Waals surface area contributed by atoms with E-state index in [2.05, 4.69) is 27.0 Å². The molecule has 5 rings (SSSR count). The van der Waals surface area contributed by atoms with E-state index in [9.17, 15) is 18.8 Å². The maximum absolute atomic E-state index is 13.5. The van der Waals surface area contributed by atoms with Crippen LogP contribution in [0.2, 0.25) is 0 Å². The van der Waals surface area contributed by atoms with Crippen molar-refractivity contribution >= 4 is 43.6 Å². The number of anilines is 1. The zero-order valence-electron chi connectivity index (χ0n) is 17.0. The van der Waals surface area contributed by atoms with Crippen LogP contribution in [-0.4, -0.2) is 22.6 Å². The van der Waals surface area contributed by atoms with Gasteiger partial charge in [-0.3, -0.25) is 4.79 Å². The summed E-state index contributed by atoms with van der Waals surface area (Å²) in [6.45, 7) is 1.16. The molecule has 0 aliphatic carbocycles. The van der Waals surface area contributed by atoms with Crippen LogP contribution in [0.3, 0.4) is 0 Å². The van der Waals surface area contributed by atoms with Crippen LogP contribution in [0.5, 0.6) is 0 Å². The minimum atomic E-state index is -0.970. The Labute approximate surface area is 189 Å². The summed E-state index contributed by atoms with van der Waals surface area (Å²) in [5.74, 6) is -1.51. The smallest absolute Gasteiger partial charge is 0.270 e. The fraction of sp³-hybridized carbons (Fsp3) is 0.261. The largest absolute Gasteiger partial charge is 0.440 e. The summed E-state index contributed by atoms with van der Waals surface area (Å²) in [7, 11) is 1.66. The van der Waals surface area contributed by atoms with Gasteiger partial charge < -0.3 is 13.9 Å². The predicted octanol–water partition coefficient (Wildman–Crippen LogP) is 4.98. The van der Waals surface area contributed by atoms with Crippen molar-refractivity contribution in [2.45, 2.75) is 18.8 Å². The third-order valence-corrected chi connectivity index (χ3v) is 6.69. The fourth-order valence-corrected chi connectivity index (χ4v) is 5.08. The fourth-order valence-electron chi connectivity index (χ4n) is 4.45. The van der Waals surface area contributed by atoms with Crippen LogP contribution in [0, 0.1) is 23.0 Å². The normalized spacial score (nSPS) is 14.9. The van der Waals surface area contributed by atoms with Crippen molar-refractivity contribution in [2.24, 2.45) is 7.05 Å². The average Bonchev–Trinajstić information content (AvgIpc) is 3.19. The Hall–Kier alpha value is -3.25. The van der Waals surface area contributed by atoms with E-state index in [0.29, 0.717) is 37.5 Å². The second-order valence-electron chi connectivity index (χ2n) is 7.88. The van der Waals surface area contributed by atoms with Crippen molar-refractivity contribution in [3.05, 3.63) is 68.2 Å². The number of oxazole rings is 1. The van der Waals surface area contributed by atoms with Crippen LogP contribution in [0.25, 0.3) is 22.0 Å². The molecule has 1 fully saturated rings. The number of nitrogens with zero attached hydrogens (tertiary/aromatic N) is 4. The number of hydrogen-bond acceptors (Lipinski definition) is 5. The van der Waals surface area contributed by atoms with Crippen molar-refractivity contribution < 1.29 is 13.2 Å². The lowest BCUT2D eigenvalue weighted by atomic mass is 9.95. The number of pyridine rings is 1. The molecule has 6 nitrogen and oxygen atoms in total. The van der Waals surface area contributed by atoms with Gasteiger partial charge in [0.1, 0.15) is 17.1 Å². The van der Waals surface area contributed by atoms with Crippen LogP contribution in [-0.2, 0) is 7.05 Å². The monoisotopic (exact) mass is 498 g/mol. The quantitative estimate of drug-likeness (QED) is 0.389. The number of rotatable bonds is 2. The molecule has 0 N–H and O–H groups in total. The summed E-state index contributed by atoms with van der Waals surface area (Å²) in [6, 6.07) is 9.80. The molecule has 32 heavy (non-hydrogen) atoms. The number of nitriles is 1. The minimum absolute atomic E-state index is 0.0279. The van der Waals surface area contributed by atoms with Gasteiger partial charge in [0, 0.05) is 48.0 Å². The molecule has 0 bridgehead atoms. The van der Waals surface area contributed by atoms with Crippen LogP contribution in [0.4, 0.5) is 14.5 Å². The number of aromatic nitrogens is 2. The summed E-state index contributed by atoms with van der Waals surface area (Å²) in [5.41, 5.74) is 1.64. The van der Waals surface area contributed by atoms with Gasteiger partial charge in [0.2, 0.25) is 0 Å². The summed E-state index contributed by atoms with van der Waals surface area (Å²) >= 11 is 3.52. The van der Waals surface area contributed by atoms with E-state index in [4.69, 9.17) is 4.42 Å². The molecule has 2 aromatic heterocycles. The summed E-state index contributed by atoms with van der Waals surface area (Å²) in [5, 5.41) is 10.6. The topological polar surface area (TPSA) is 75.1 Å². The molecule has 0 saturated carbocycles. The lowest BCUT2D eigenvalue weighted by Crippen LogP contribution is -2.36. The summed E-state index contributed by atoms with van der Waals surface area (Å²) < 4.78 is 35.0. The van der Waals surface area contributed by atoms with Crippen LogP contribution >= 0.6 is 15.9 Å². The van der Waals surface area contributed by atoms with Crippen molar-refractivity contribution in [3.8, 4) is 6.07 Å². The highest BCUT2D eigenvalue weighted by atomic mass is 79.9. The first kappa shape index (κ1) is 20.6. The Morgan fingerprint density at radius 3 is 2.66 bits per heavy atom. The number of benzene rings is 2. The van der Waals surface area contributed by atoms with E-state index in [0.717, 1.165) is 27.5 Å². The lowest BCUT2D eigenvalue weighted by Gasteiger charge is -2.33. The molecular weight excluding hydrogens is 482 g/mol. The number of halogens is 3. The van der Waals surface area contributed by atoms with Crippen molar-refractivity contribution in [1.82, 2.24) is 9.55 Å². The lowest BCUT2D eigenvalue weighted by molar-refractivity contribution is 0.407. The Morgan fingerprint density at radius 1 is 1.22 bits per heavy atom. The number of para-hydroxylation sites is 1. The zero-order chi connectivity index (χ0) is 22.6. The second kappa shape index (κ2) is 7.71. The molecule has 0 radical (unpaired) electrons. The molecule has 1 aliphatic rings. The number of aryl methyl sites for hydroxylation is 1. The molecule has 3 heterocycles. The first-order valence-corrected chi connectivity index (χ1v) is 10.9. The summed E-state index contributed by atoms with van der Waals surface area (Å²) in [4.78, 5) is 19.3. The van der Waals surface area contributed by atoms with E-state index >= 15 is 0 Å². The van der Waals surface area contributed by atoms with E-state index < -0.39 is 11.6 Å². The van der Waals surface area contributed by atoms with Crippen LogP contribution < -0.4 is 10.5 Å². The van der Waals surface area contributed by atoms with Gasteiger partial charge in [-0.1, -0.05) is 12.1 Å². The number of hydrogen-bond donors (Lipinski definition) is 0. The highest BCUT2D eigenvalue weighted by Gasteiger charge is 2.29. The van der Waals surface area contributed by atoms with Crippen molar-refractivity contribution in [1.29, 1.82) is 5.26 Å². The van der Waals surface area contributed by atoms with Gasteiger partial charge in [-0.05, 0) is 34.8 Å². The van der Waals surface area contributed by atoms with Crippen molar-refractivity contribution in [3.63, 3.8) is 0 Å². The Morgan fingerprint density at radius 2 is 1.94 bits per heavy atom. The molecule has 2 aromatic carbocycles. The molecular formula is C23H17BrF2N4O2. The highest BCUT2D eigenvalue weighted by molar-refractivity contribution is 9.10. The van der Waals surface area contributed by atoms with E-state index in [1.807, 2.05) is 23.1 Å². The van der Waals surface area contributed by atoms with Gasteiger partial charge in [-0.15, -0.1) is 0 Å². The van der Waals surface area contributed by atoms with Crippen LogP contribution in [0.15, 0.2) is 44.0 Å². The third kappa shape index (κ3) is 3.17. The maximum Gasteiger partial charge on any atom is 0.270 e. The van der Waals surface area contributed by atoms with E-state index in [-0.39, 0.29) is 28.1 Å². The third-order valence-electron chi connectivity index (χ3n) is 6.05. The zero-order valence-corrected chi connectivity index (χ0v) is 18.6. The minimum Gasteiger partial charge on any atom is -0.440 e. The predicted molar refractivity (Wildman–Crippen MR) is 120 cm³/mol. The Kier molecular flexibility index (Phi) is 4.97. The van der Waals surface area contributed by atoms with Crippen molar-refractivity contribution in [2.75, 3.05) is 18.0 Å². The number of fused-ring (bicyclic) bond motifs is 2. The van der Waals surface area contributed by atoms with Gasteiger partial charge in [-0.25, -0.2) is 13.8 Å². The molecule has 162 valence electrons. The van der Waals surface area contributed by atoms with Gasteiger partial charge >= 0.3 is 0 Å². The standard InChI is InChI=1S/C23H17BrF2N4O2/c1-29-21-13(3-2-4-15(21)24)20(14(11-27)23(29)31)30-7-5-12(6-8-30)22-28-18-9-16(25)17(26)10-19(18)32-22/h2-4,9-10,12H,5-8H2,1H3. The first-order valence-electron chi connectivity index (χ1n) is 10.1. The SMILES string of the molecule is Cn1c(=O)c(C#N)c(N2CCC(c3nc4cc(F)c(F)cc4o3)CC2)c2cccc(Br)c21. The summed E-state index contributed by atoms with van der Waals surface area (Å²) in [6.07, 6.45) is 1.32. The van der Waals surface area contributed by atoms with Gasteiger partial charge in [0.05, 0.1) is 11.2 Å². The maximum atomic E-state index is 13.5. The Balaban J connectivity index is 1.50. The molecule has 0 amide bonds. The molecule has 0 atom stereocenters. The molecule has 0 unspecified atom stereocenters. The average molecular weight is 499 g/mol. The molecule has 9 heteroatoms. The van der Waals surface area contributed by atoms with Gasteiger partial charge in [0.15, 0.2) is 23.1 Å². The second-order valence-corrected chi connectivity index (χ2v) is 8.74. The van der Waals surface area contributed by atoms with Crippen LogP contribution in [0.1, 0.15) is 30.2 Å². The highest BCUT2D eigenvalue weighted by Crippen LogP contribution is 2.37.